The van der Waals surface area contributed by atoms with Gasteiger partial charge in [-0.15, -0.1) is 0 Å². The minimum Gasteiger partial charge on any atom is -0.467 e. The van der Waals surface area contributed by atoms with Gasteiger partial charge in [-0.05, 0) is 70.6 Å². The van der Waals surface area contributed by atoms with E-state index in [1.54, 1.807) is 18.4 Å². The molecule has 1 N–H and O–H groups in total. The third-order valence-corrected chi connectivity index (χ3v) is 4.63. The molecule has 25 heavy (non-hydrogen) atoms. The van der Waals surface area contributed by atoms with Gasteiger partial charge in [0.1, 0.15) is 12.4 Å². The molecule has 2 aromatic carbocycles. The number of carbonyl (C=O) groups excluding carboxylic acids is 1. The summed E-state index contributed by atoms with van der Waals surface area (Å²) >= 11 is 8.10. The summed E-state index contributed by atoms with van der Waals surface area (Å²) in [5.41, 5.74) is 2.22. The number of hydrogen-bond acceptors (Lipinski definition) is 3. The summed E-state index contributed by atoms with van der Waals surface area (Å²) in [6, 6.07) is 16.5. The molecule has 1 aromatic heterocycles. The molecule has 0 saturated carbocycles. The second kappa shape index (κ2) is 8.51. The fourth-order valence-corrected chi connectivity index (χ4v) is 3.03. The van der Waals surface area contributed by atoms with E-state index in [0.717, 1.165) is 14.9 Å². The molecule has 0 atom stereocenters. The van der Waals surface area contributed by atoms with Gasteiger partial charge in [0, 0.05) is 14.3 Å². The first-order chi connectivity index (χ1) is 12.1. The highest BCUT2D eigenvalue weighted by Gasteiger charge is 2.11. The Bertz CT molecular complexity index is 865. The van der Waals surface area contributed by atoms with Gasteiger partial charge < -0.3 is 14.5 Å². The maximum Gasteiger partial charge on any atom is 0.256 e. The van der Waals surface area contributed by atoms with Crippen LogP contribution in [-0.4, -0.2) is 5.91 Å². The van der Waals surface area contributed by atoms with Gasteiger partial charge in [0.25, 0.3) is 5.91 Å². The minimum atomic E-state index is -0.194. The predicted octanol–water partition coefficient (Wildman–Crippen LogP) is 5.51. The van der Waals surface area contributed by atoms with Gasteiger partial charge in [0.15, 0.2) is 0 Å². The summed E-state index contributed by atoms with van der Waals surface area (Å²) < 4.78 is 11.7. The number of rotatable bonds is 6. The lowest BCUT2D eigenvalue weighted by Gasteiger charge is -2.09. The molecule has 0 fully saturated rings. The Morgan fingerprint density at radius 2 is 2.00 bits per heavy atom. The van der Waals surface area contributed by atoms with Gasteiger partial charge in [0.2, 0.25) is 0 Å². The Morgan fingerprint density at radius 1 is 1.12 bits per heavy atom. The molecule has 0 spiro atoms. The number of carbonyl (C=O) groups is 1. The quantitative estimate of drug-likeness (QED) is 0.487. The number of nitrogens with one attached hydrogen (secondary N) is 1. The Balaban J connectivity index is 1.63. The van der Waals surface area contributed by atoms with Crippen molar-refractivity contribution in [2.45, 2.75) is 13.2 Å². The van der Waals surface area contributed by atoms with Crippen LogP contribution in [0, 0.1) is 3.57 Å². The lowest BCUT2D eigenvalue weighted by Crippen LogP contribution is -2.13. The Labute approximate surface area is 164 Å². The summed E-state index contributed by atoms with van der Waals surface area (Å²) in [5.74, 6) is 0.584. The molecule has 0 unspecified atom stereocenters. The monoisotopic (exact) mass is 467 g/mol. The fourth-order valence-electron chi connectivity index (χ4n) is 2.27. The molecule has 0 radical (unpaired) electrons. The molecule has 1 heterocycles. The van der Waals surface area contributed by atoms with Crippen LogP contribution < -0.4 is 5.32 Å². The van der Waals surface area contributed by atoms with Crippen LogP contribution in [0.2, 0.25) is 5.02 Å². The van der Waals surface area contributed by atoms with E-state index >= 15 is 0 Å². The Kier molecular flexibility index (Phi) is 6.12. The van der Waals surface area contributed by atoms with Crippen molar-refractivity contribution in [2.24, 2.45) is 0 Å². The molecule has 0 aliphatic heterocycles. The van der Waals surface area contributed by atoms with E-state index in [-0.39, 0.29) is 5.91 Å². The van der Waals surface area contributed by atoms with Crippen LogP contribution in [0.4, 0.5) is 5.69 Å². The lowest BCUT2D eigenvalue weighted by molar-refractivity contribution is 0.0929. The highest BCUT2D eigenvalue weighted by atomic mass is 127. The highest BCUT2D eigenvalue weighted by molar-refractivity contribution is 14.1. The summed E-state index contributed by atoms with van der Waals surface area (Å²) in [4.78, 5) is 12.4. The standard InChI is InChI=1S/C19H15ClINO3/c20-14-6-7-18(21)17(10-14)19(23)22-15-4-1-3-13(9-15)11-24-12-16-5-2-8-25-16/h1-10H,11-12H2,(H,22,23). The maximum atomic E-state index is 12.4. The average molecular weight is 468 g/mol. The molecule has 0 saturated heterocycles. The largest absolute Gasteiger partial charge is 0.467 e. The van der Waals surface area contributed by atoms with Crippen molar-refractivity contribution in [1.82, 2.24) is 0 Å². The molecule has 6 heteroatoms. The highest BCUT2D eigenvalue weighted by Crippen LogP contribution is 2.20. The molecular formula is C19H15ClINO3. The third-order valence-electron chi connectivity index (χ3n) is 3.45. The van der Waals surface area contributed by atoms with E-state index < -0.39 is 0 Å². The number of hydrogen-bond donors (Lipinski definition) is 1. The van der Waals surface area contributed by atoms with Crippen LogP contribution in [0.1, 0.15) is 21.7 Å². The second-order valence-electron chi connectivity index (χ2n) is 5.35. The van der Waals surface area contributed by atoms with Crippen molar-refractivity contribution in [1.29, 1.82) is 0 Å². The smallest absolute Gasteiger partial charge is 0.256 e. The Hall–Kier alpha value is -1.83. The van der Waals surface area contributed by atoms with Gasteiger partial charge in [0.05, 0.1) is 18.4 Å². The van der Waals surface area contributed by atoms with Crippen LogP contribution in [0.5, 0.6) is 0 Å². The number of amides is 1. The van der Waals surface area contributed by atoms with Gasteiger partial charge in [-0.2, -0.15) is 0 Å². The Morgan fingerprint density at radius 3 is 2.80 bits per heavy atom. The first-order valence-electron chi connectivity index (χ1n) is 7.57. The van der Waals surface area contributed by atoms with Crippen molar-refractivity contribution < 1.29 is 13.9 Å². The predicted molar refractivity (Wildman–Crippen MR) is 106 cm³/mol. The van der Waals surface area contributed by atoms with E-state index in [9.17, 15) is 4.79 Å². The zero-order valence-electron chi connectivity index (χ0n) is 13.2. The van der Waals surface area contributed by atoms with Crippen LogP contribution in [0.25, 0.3) is 0 Å². The molecule has 4 nitrogen and oxygen atoms in total. The lowest BCUT2D eigenvalue weighted by atomic mass is 10.2. The van der Waals surface area contributed by atoms with Crippen LogP contribution in [0.15, 0.2) is 65.3 Å². The SMILES string of the molecule is O=C(Nc1cccc(COCc2ccco2)c1)c1cc(Cl)ccc1I. The van der Waals surface area contributed by atoms with E-state index in [2.05, 4.69) is 27.9 Å². The van der Waals surface area contributed by atoms with Gasteiger partial charge in [-0.1, -0.05) is 23.7 Å². The molecule has 1 amide bonds. The van der Waals surface area contributed by atoms with E-state index in [4.69, 9.17) is 20.8 Å². The van der Waals surface area contributed by atoms with Crippen LogP contribution >= 0.6 is 34.2 Å². The summed E-state index contributed by atoms with van der Waals surface area (Å²) in [7, 11) is 0. The van der Waals surface area contributed by atoms with Crippen molar-refractivity contribution in [3.8, 4) is 0 Å². The van der Waals surface area contributed by atoms with Crippen LogP contribution in [-0.2, 0) is 18.0 Å². The normalized spacial score (nSPS) is 10.6. The number of furan rings is 1. The van der Waals surface area contributed by atoms with E-state index in [0.29, 0.717) is 29.5 Å². The number of anilines is 1. The van der Waals surface area contributed by atoms with Gasteiger partial charge in [-0.3, -0.25) is 4.79 Å². The maximum absolute atomic E-state index is 12.4. The number of benzene rings is 2. The van der Waals surface area contributed by atoms with Crippen molar-refractivity contribution in [3.63, 3.8) is 0 Å². The third kappa shape index (κ3) is 5.07. The first kappa shape index (κ1) is 18.0. The second-order valence-corrected chi connectivity index (χ2v) is 6.95. The van der Waals surface area contributed by atoms with E-state index in [1.165, 1.54) is 0 Å². The summed E-state index contributed by atoms with van der Waals surface area (Å²) in [6.07, 6.45) is 1.62. The number of ether oxygens (including phenoxy) is 1. The molecular weight excluding hydrogens is 453 g/mol. The molecule has 128 valence electrons. The van der Waals surface area contributed by atoms with Crippen molar-refractivity contribution in [2.75, 3.05) is 5.32 Å². The summed E-state index contributed by atoms with van der Waals surface area (Å²) in [6.45, 7) is 0.837. The molecule has 3 rings (SSSR count). The van der Waals surface area contributed by atoms with Crippen LogP contribution in [0.3, 0.4) is 0 Å². The molecule has 0 aliphatic rings. The topological polar surface area (TPSA) is 51.5 Å². The average Bonchev–Trinajstić information content (AvgIpc) is 3.11. The zero-order chi connectivity index (χ0) is 17.6. The fraction of sp³-hybridized carbons (Fsp3) is 0.105. The van der Waals surface area contributed by atoms with Crippen molar-refractivity contribution >= 4 is 45.8 Å². The van der Waals surface area contributed by atoms with Gasteiger partial charge >= 0.3 is 0 Å². The molecule has 0 bridgehead atoms. The first-order valence-corrected chi connectivity index (χ1v) is 9.03. The van der Waals surface area contributed by atoms with E-state index in [1.807, 2.05) is 42.5 Å². The molecule has 3 aromatic rings. The minimum absolute atomic E-state index is 0.194. The number of halogens is 2. The zero-order valence-corrected chi connectivity index (χ0v) is 16.1. The molecule has 0 aliphatic carbocycles. The summed E-state index contributed by atoms with van der Waals surface area (Å²) in [5, 5.41) is 3.43. The van der Waals surface area contributed by atoms with Gasteiger partial charge in [-0.25, -0.2) is 0 Å². The van der Waals surface area contributed by atoms with Crippen molar-refractivity contribution in [3.05, 3.63) is 86.3 Å².